The van der Waals surface area contributed by atoms with E-state index in [1.807, 2.05) is 19.1 Å². The van der Waals surface area contributed by atoms with Crippen molar-refractivity contribution in [1.82, 2.24) is 20.3 Å². The minimum atomic E-state index is -0.244. The Morgan fingerprint density at radius 2 is 1.94 bits per heavy atom. The zero-order chi connectivity index (χ0) is 22.5. The molecule has 0 spiro atoms. The third kappa shape index (κ3) is 3.66. The lowest BCUT2D eigenvalue weighted by Gasteiger charge is -2.26. The molecular weight excluding hydrogens is 450 g/mol. The Labute approximate surface area is 192 Å². The zero-order valence-corrected chi connectivity index (χ0v) is 18.2. The number of nitrogens with zero attached hydrogens (tertiary/aromatic N) is 3. The van der Waals surface area contributed by atoms with Crippen LogP contribution in [0.15, 0.2) is 34.7 Å². The van der Waals surface area contributed by atoms with Crippen LogP contribution >= 0.6 is 11.6 Å². The fourth-order valence-electron chi connectivity index (χ4n) is 3.81. The summed E-state index contributed by atoms with van der Waals surface area (Å²) in [4.78, 5) is 25.3. The number of hydrogen-bond acceptors (Lipinski definition) is 9. The Bertz CT molecular complexity index is 1400. The smallest absolute Gasteiger partial charge is 0.289 e. The highest BCUT2D eigenvalue weighted by Gasteiger charge is 2.27. The highest BCUT2D eigenvalue weighted by atomic mass is 35.5. The quantitative estimate of drug-likeness (QED) is 0.434. The van der Waals surface area contributed by atoms with Crippen molar-refractivity contribution in [3.63, 3.8) is 0 Å². The lowest BCUT2D eigenvalue weighted by Crippen LogP contribution is -2.38. The maximum absolute atomic E-state index is 12.5. The number of pyridine rings is 1. The van der Waals surface area contributed by atoms with Crippen LogP contribution in [0.25, 0.3) is 21.9 Å². The normalized spacial score (nSPS) is 18.2. The summed E-state index contributed by atoms with van der Waals surface area (Å²) in [6.45, 7) is 3.53. The van der Waals surface area contributed by atoms with Gasteiger partial charge in [0.05, 0.1) is 35.9 Å². The number of fused-ring (bicyclic) bond motifs is 5. The van der Waals surface area contributed by atoms with Crippen molar-refractivity contribution < 1.29 is 23.4 Å². The molecule has 0 aliphatic carbocycles. The number of amides is 1. The number of carbonyl (C=O) groups is 1. The number of benzene rings is 1. The molecule has 3 aromatic heterocycles. The fourth-order valence-corrected chi connectivity index (χ4v) is 3.98. The van der Waals surface area contributed by atoms with Crippen LogP contribution in [-0.2, 0) is 4.74 Å². The zero-order valence-electron chi connectivity index (χ0n) is 17.4. The molecule has 1 atom stereocenters. The molecule has 33 heavy (non-hydrogen) atoms. The monoisotopic (exact) mass is 467 g/mol. The number of rotatable bonds is 4. The molecule has 1 amide bonds. The Hall–Kier alpha value is -3.63. The van der Waals surface area contributed by atoms with E-state index in [1.165, 1.54) is 0 Å². The highest BCUT2D eigenvalue weighted by Crippen LogP contribution is 2.38. The number of ether oxygens (including phenoxy) is 3. The molecule has 6 rings (SSSR count). The summed E-state index contributed by atoms with van der Waals surface area (Å²) in [5.74, 6) is 0.862. The van der Waals surface area contributed by atoms with E-state index in [4.69, 9.17) is 30.2 Å². The molecule has 2 aliphatic rings. The number of furan rings is 1. The predicted octanol–water partition coefficient (Wildman–Crippen LogP) is 3.54. The van der Waals surface area contributed by atoms with Crippen LogP contribution < -0.4 is 20.1 Å². The first-order valence-corrected chi connectivity index (χ1v) is 10.8. The third-order valence-corrected chi connectivity index (χ3v) is 5.59. The van der Waals surface area contributed by atoms with Gasteiger partial charge >= 0.3 is 0 Å². The Morgan fingerprint density at radius 3 is 2.76 bits per heavy atom. The summed E-state index contributed by atoms with van der Waals surface area (Å²) in [5.41, 5.74) is 1.94. The predicted molar refractivity (Wildman–Crippen MR) is 119 cm³/mol. The molecule has 1 aromatic carbocycles. The van der Waals surface area contributed by atoms with Gasteiger partial charge in [0.25, 0.3) is 5.91 Å². The SMILES string of the molecule is C[C@@H]1CNc2c(oc3ccc4nc(Oc5cc(OC6COC6)nc(Cl)n5)ccc4c23)C(=O)N1. The van der Waals surface area contributed by atoms with Gasteiger partial charge in [0.2, 0.25) is 28.7 Å². The molecule has 1 fully saturated rings. The second kappa shape index (κ2) is 7.75. The van der Waals surface area contributed by atoms with E-state index in [0.717, 1.165) is 10.8 Å². The standard InChI is InChI=1S/C22H18ClN5O5/c1-10-7-24-19-18-12-2-5-15(26-13(12)3-4-14(18)32-20(19)21(29)25-10)33-17-6-16(27-22(23)28-17)31-11-8-30-9-11/h2-6,10-11,24H,7-9H2,1H3,(H,25,29)/t10-/m1/s1. The van der Waals surface area contributed by atoms with Gasteiger partial charge in [-0.15, -0.1) is 0 Å². The average Bonchev–Trinajstić information content (AvgIpc) is 3.07. The van der Waals surface area contributed by atoms with E-state index in [2.05, 4.69) is 25.6 Å². The summed E-state index contributed by atoms with van der Waals surface area (Å²) in [7, 11) is 0. The molecular formula is C22H18ClN5O5. The summed E-state index contributed by atoms with van der Waals surface area (Å²) in [5, 5.41) is 7.86. The van der Waals surface area contributed by atoms with E-state index in [-0.39, 0.29) is 35.0 Å². The topological polar surface area (TPSA) is 121 Å². The number of halogens is 1. The van der Waals surface area contributed by atoms with Gasteiger partial charge in [-0.1, -0.05) is 0 Å². The first-order valence-electron chi connectivity index (χ1n) is 10.4. The maximum atomic E-state index is 12.5. The van der Waals surface area contributed by atoms with Crippen molar-refractivity contribution >= 4 is 45.1 Å². The van der Waals surface area contributed by atoms with Gasteiger partial charge in [-0.05, 0) is 36.7 Å². The lowest BCUT2D eigenvalue weighted by atomic mass is 10.1. The van der Waals surface area contributed by atoms with E-state index >= 15 is 0 Å². The fraction of sp³-hybridized carbons (Fsp3) is 0.273. The second-order valence-corrected chi connectivity index (χ2v) is 8.25. The maximum Gasteiger partial charge on any atom is 0.289 e. The molecule has 0 saturated carbocycles. The molecule has 4 aromatic rings. The first kappa shape index (κ1) is 20.0. The van der Waals surface area contributed by atoms with Crippen LogP contribution in [0.2, 0.25) is 5.28 Å². The molecule has 5 heterocycles. The molecule has 2 aliphatic heterocycles. The van der Waals surface area contributed by atoms with Gasteiger partial charge in [0, 0.05) is 24.0 Å². The van der Waals surface area contributed by atoms with Crippen LogP contribution in [-0.4, -0.2) is 52.8 Å². The van der Waals surface area contributed by atoms with Crippen molar-refractivity contribution in [3.05, 3.63) is 41.4 Å². The Kier molecular flexibility index (Phi) is 4.70. The van der Waals surface area contributed by atoms with Crippen LogP contribution in [0, 0.1) is 0 Å². The van der Waals surface area contributed by atoms with Crippen LogP contribution in [0.3, 0.4) is 0 Å². The van der Waals surface area contributed by atoms with Crippen molar-refractivity contribution in [3.8, 4) is 17.6 Å². The van der Waals surface area contributed by atoms with Gasteiger partial charge in [0.1, 0.15) is 11.7 Å². The van der Waals surface area contributed by atoms with Crippen LogP contribution in [0.5, 0.6) is 17.6 Å². The van der Waals surface area contributed by atoms with Gasteiger partial charge in [-0.25, -0.2) is 4.98 Å². The molecule has 0 unspecified atom stereocenters. The first-order chi connectivity index (χ1) is 16.0. The number of nitrogens with one attached hydrogen (secondary N) is 2. The van der Waals surface area contributed by atoms with Crippen LogP contribution in [0.1, 0.15) is 17.5 Å². The second-order valence-electron chi connectivity index (χ2n) is 7.91. The Balaban J connectivity index is 1.35. The minimum absolute atomic E-state index is 0.00455. The molecule has 2 N–H and O–H groups in total. The number of anilines is 1. The molecule has 10 nitrogen and oxygen atoms in total. The minimum Gasteiger partial charge on any atom is -0.469 e. The third-order valence-electron chi connectivity index (χ3n) is 5.42. The van der Waals surface area contributed by atoms with Gasteiger partial charge in [-0.2, -0.15) is 9.97 Å². The van der Waals surface area contributed by atoms with Gasteiger partial charge in [0.15, 0.2) is 0 Å². The van der Waals surface area contributed by atoms with Crippen molar-refractivity contribution in [1.29, 1.82) is 0 Å². The van der Waals surface area contributed by atoms with E-state index in [9.17, 15) is 4.79 Å². The largest absolute Gasteiger partial charge is 0.469 e. The molecule has 0 bridgehead atoms. The molecule has 1 saturated heterocycles. The summed E-state index contributed by atoms with van der Waals surface area (Å²) in [6.07, 6.45) is -0.0613. The van der Waals surface area contributed by atoms with Crippen molar-refractivity contribution in [2.24, 2.45) is 0 Å². The number of aromatic nitrogens is 3. The summed E-state index contributed by atoms with van der Waals surface area (Å²) >= 11 is 6.03. The van der Waals surface area contributed by atoms with Gasteiger partial charge in [-0.3, -0.25) is 4.79 Å². The lowest BCUT2D eigenvalue weighted by molar-refractivity contribution is -0.0814. The van der Waals surface area contributed by atoms with Crippen LogP contribution in [0.4, 0.5) is 5.69 Å². The number of carbonyl (C=O) groups excluding carboxylic acids is 1. The molecule has 11 heteroatoms. The number of hydrogen-bond donors (Lipinski definition) is 2. The van der Waals surface area contributed by atoms with E-state index in [1.54, 1.807) is 18.2 Å². The van der Waals surface area contributed by atoms with E-state index in [0.29, 0.717) is 48.3 Å². The summed E-state index contributed by atoms with van der Waals surface area (Å²) < 4.78 is 22.5. The molecule has 168 valence electrons. The Morgan fingerprint density at radius 1 is 1.09 bits per heavy atom. The van der Waals surface area contributed by atoms with Crippen molar-refractivity contribution in [2.45, 2.75) is 19.1 Å². The summed E-state index contributed by atoms with van der Waals surface area (Å²) in [6, 6.07) is 8.72. The van der Waals surface area contributed by atoms with E-state index < -0.39 is 0 Å². The van der Waals surface area contributed by atoms with Gasteiger partial charge < -0.3 is 29.3 Å². The molecule has 0 radical (unpaired) electrons. The highest BCUT2D eigenvalue weighted by molar-refractivity contribution is 6.28. The van der Waals surface area contributed by atoms with Crippen molar-refractivity contribution in [2.75, 3.05) is 25.1 Å². The average molecular weight is 468 g/mol.